The maximum Gasteiger partial charge on any atom is 0.309 e. The number of hydrogen-bond acceptors (Lipinski definition) is 7. The first-order valence-electron chi connectivity index (χ1n) is 12.8. The molecule has 3 N–H and O–H groups in total. The zero-order chi connectivity index (χ0) is 24.8. The van der Waals surface area contributed by atoms with Crippen molar-refractivity contribution >= 4 is 28.6 Å². The smallest absolute Gasteiger partial charge is 0.309 e. The van der Waals surface area contributed by atoms with Crippen LogP contribution in [0.15, 0.2) is 24.4 Å². The van der Waals surface area contributed by atoms with Gasteiger partial charge in [-0.15, -0.1) is 0 Å². The topological polar surface area (TPSA) is 103 Å². The number of benzene rings is 1. The van der Waals surface area contributed by atoms with Crippen LogP contribution in [0.2, 0.25) is 0 Å². The normalized spacial score (nSPS) is 19.7. The van der Waals surface area contributed by atoms with E-state index in [1.54, 1.807) is 13.3 Å². The maximum atomic E-state index is 12.4. The molecule has 35 heavy (non-hydrogen) atoms. The van der Waals surface area contributed by atoms with Gasteiger partial charge in [0, 0.05) is 34.7 Å². The van der Waals surface area contributed by atoms with Crippen molar-refractivity contribution in [3.63, 3.8) is 0 Å². The molecule has 8 heteroatoms. The van der Waals surface area contributed by atoms with Crippen LogP contribution in [-0.4, -0.2) is 68.9 Å². The second-order valence-electron chi connectivity index (χ2n) is 10.00. The lowest BCUT2D eigenvalue weighted by molar-refractivity contribution is -0.153. The first-order chi connectivity index (χ1) is 17.0. The van der Waals surface area contributed by atoms with Gasteiger partial charge in [-0.05, 0) is 75.4 Å². The SMILES string of the molecule is COc1ccc2ncc(CO)c(C(O)CCC3(C(=O)O)CCN(CCSC4CCCC4)CC3)c2c1. The number of aromatic nitrogens is 1. The first kappa shape index (κ1) is 26.2. The van der Waals surface area contributed by atoms with Gasteiger partial charge >= 0.3 is 5.97 Å². The zero-order valence-corrected chi connectivity index (χ0v) is 21.4. The monoisotopic (exact) mass is 502 g/mol. The van der Waals surface area contributed by atoms with E-state index in [0.717, 1.165) is 36.0 Å². The molecule has 2 fully saturated rings. The van der Waals surface area contributed by atoms with Crippen molar-refractivity contribution in [2.24, 2.45) is 5.41 Å². The predicted molar refractivity (Wildman–Crippen MR) is 139 cm³/mol. The number of ether oxygens (including phenoxy) is 1. The molecule has 1 saturated carbocycles. The molecule has 1 atom stereocenters. The van der Waals surface area contributed by atoms with E-state index in [1.165, 1.54) is 25.7 Å². The lowest BCUT2D eigenvalue weighted by Gasteiger charge is -2.39. The number of carboxylic acid groups (broad SMARTS) is 1. The van der Waals surface area contributed by atoms with Crippen molar-refractivity contribution in [2.75, 3.05) is 32.5 Å². The Morgan fingerprint density at radius 1 is 1.29 bits per heavy atom. The zero-order valence-electron chi connectivity index (χ0n) is 20.6. The van der Waals surface area contributed by atoms with Crippen LogP contribution in [0.25, 0.3) is 10.9 Å². The van der Waals surface area contributed by atoms with Crippen molar-refractivity contribution in [1.82, 2.24) is 9.88 Å². The molecule has 7 nitrogen and oxygen atoms in total. The molecular weight excluding hydrogens is 464 g/mol. The van der Waals surface area contributed by atoms with Crippen LogP contribution in [0.4, 0.5) is 0 Å². The van der Waals surface area contributed by atoms with E-state index in [9.17, 15) is 20.1 Å². The van der Waals surface area contributed by atoms with Gasteiger partial charge in [0.15, 0.2) is 0 Å². The van der Waals surface area contributed by atoms with Gasteiger partial charge in [0.05, 0.1) is 30.8 Å². The lowest BCUT2D eigenvalue weighted by atomic mass is 9.74. The van der Waals surface area contributed by atoms with Crippen molar-refractivity contribution in [3.8, 4) is 5.75 Å². The Hall–Kier alpha value is -1.87. The molecule has 1 aliphatic heterocycles. The average Bonchev–Trinajstić information content (AvgIpc) is 3.40. The molecule has 0 amide bonds. The molecule has 0 radical (unpaired) electrons. The molecule has 2 aromatic rings. The quantitative estimate of drug-likeness (QED) is 0.416. The Morgan fingerprint density at radius 3 is 2.69 bits per heavy atom. The number of carboxylic acids is 1. The summed E-state index contributed by atoms with van der Waals surface area (Å²) < 4.78 is 5.34. The molecule has 0 bridgehead atoms. The highest BCUT2D eigenvalue weighted by Crippen LogP contribution is 2.40. The molecule has 1 aromatic carbocycles. The van der Waals surface area contributed by atoms with Crippen LogP contribution >= 0.6 is 11.8 Å². The van der Waals surface area contributed by atoms with Gasteiger partial charge in [-0.2, -0.15) is 11.8 Å². The van der Waals surface area contributed by atoms with Crippen LogP contribution in [0.5, 0.6) is 5.75 Å². The summed E-state index contributed by atoms with van der Waals surface area (Å²) in [5.41, 5.74) is 1.04. The molecule has 2 heterocycles. The highest BCUT2D eigenvalue weighted by Gasteiger charge is 2.41. The number of carbonyl (C=O) groups is 1. The van der Waals surface area contributed by atoms with Crippen LogP contribution in [0.3, 0.4) is 0 Å². The van der Waals surface area contributed by atoms with Gasteiger partial charge in [-0.3, -0.25) is 9.78 Å². The summed E-state index contributed by atoms with van der Waals surface area (Å²) in [4.78, 5) is 19.2. The summed E-state index contributed by atoms with van der Waals surface area (Å²) in [6.07, 6.45) is 7.99. The first-order valence-corrected chi connectivity index (χ1v) is 13.8. The van der Waals surface area contributed by atoms with Crippen molar-refractivity contribution in [3.05, 3.63) is 35.5 Å². The number of nitrogens with zero attached hydrogens (tertiary/aromatic N) is 2. The van der Waals surface area contributed by atoms with Crippen LogP contribution < -0.4 is 4.74 Å². The van der Waals surface area contributed by atoms with Gasteiger partial charge in [0.25, 0.3) is 0 Å². The standard InChI is InChI=1S/C27H38N2O5S/c1-34-20-6-7-23-22(16-20)25(19(18-30)17-28-23)24(31)8-9-27(26(32)33)10-12-29(13-11-27)14-15-35-21-4-2-3-5-21/h6-7,16-17,21,24,30-31H,2-5,8-15,18H2,1H3,(H,32,33). The Bertz CT molecular complexity index is 997. The van der Waals surface area contributed by atoms with Crippen molar-refractivity contribution < 1.29 is 24.9 Å². The number of aliphatic hydroxyl groups is 2. The molecule has 4 rings (SSSR count). The molecule has 1 aliphatic carbocycles. The fraction of sp³-hybridized carbons (Fsp3) is 0.630. The third kappa shape index (κ3) is 6.10. The number of piperidine rings is 1. The minimum absolute atomic E-state index is 0.246. The van der Waals surface area contributed by atoms with E-state index in [-0.39, 0.29) is 6.61 Å². The summed E-state index contributed by atoms with van der Waals surface area (Å²) in [7, 11) is 1.58. The Balaban J connectivity index is 1.40. The number of pyridine rings is 1. The summed E-state index contributed by atoms with van der Waals surface area (Å²) >= 11 is 2.08. The molecule has 1 aromatic heterocycles. The molecule has 192 valence electrons. The van der Waals surface area contributed by atoms with Gasteiger partial charge < -0.3 is 25.0 Å². The summed E-state index contributed by atoms with van der Waals surface area (Å²) in [5.74, 6) is 0.989. The van der Waals surface area contributed by atoms with E-state index in [0.29, 0.717) is 48.1 Å². The number of aliphatic carboxylic acids is 1. The second kappa shape index (κ2) is 11.9. The number of fused-ring (bicyclic) bond motifs is 1. The number of methoxy groups -OCH3 is 1. The summed E-state index contributed by atoms with van der Waals surface area (Å²) in [6.45, 7) is 2.34. The summed E-state index contributed by atoms with van der Waals surface area (Å²) in [5, 5.41) is 32.8. The van der Waals surface area contributed by atoms with Gasteiger partial charge in [-0.25, -0.2) is 0 Å². The van der Waals surface area contributed by atoms with Crippen LogP contribution in [-0.2, 0) is 11.4 Å². The molecule has 1 unspecified atom stereocenters. The number of thioether (sulfide) groups is 1. The molecule has 2 aliphatic rings. The average molecular weight is 503 g/mol. The van der Waals surface area contributed by atoms with Gasteiger partial charge in [0.1, 0.15) is 5.75 Å². The van der Waals surface area contributed by atoms with Crippen LogP contribution in [0, 0.1) is 5.41 Å². The van der Waals surface area contributed by atoms with E-state index in [1.807, 2.05) is 18.2 Å². The number of likely N-dealkylation sites (tertiary alicyclic amines) is 1. The minimum atomic E-state index is -0.896. The second-order valence-corrected chi connectivity index (χ2v) is 11.4. The van der Waals surface area contributed by atoms with E-state index in [4.69, 9.17) is 4.74 Å². The largest absolute Gasteiger partial charge is 0.497 e. The van der Waals surface area contributed by atoms with E-state index < -0.39 is 17.5 Å². The molecule has 1 saturated heterocycles. The Morgan fingerprint density at radius 2 is 2.03 bits per heavy atom. The third-order valence-corrected chi connectivity index (χ3v) is 9.29. The minimum Gasteiger partial charge on any atom is -0.497 e. The highest BCUT2D eigenvalue weighted by atomic mass is 32.2. The van der Waals surface area contributed by atoms with Gasteiger partial charge in [-0.1, -0.05) is 12.8 Å². The highest BCUT2D eigenvalue weighted by molar-refractivity contribution is 7.99. The van der Waals surface area contributed by atoms with Gasteiger partial charge in [0.2, 0.25) is 0 Å². The van der Waals surface area contributed by atoms with Crippen molar-refractivity contribution in [2.45, 2.75) is 69.3 Å². The third-order valence-electron chi connectivity index (χ3n) is 7.93. The van der Waals surface area contributed by atoms with E-state index in [2.05, 4.69) is 21.6 Å². The molecular formula is C27H38N2O5S. The molecule has 0 spiro atoms. The Kier molecular flexibility index (Phi) is 8.92. The fourth-order valence-electron chi connectivity index (χ4n) is 5.62. The van der Waals surface area contributed by atoms with Crippen molar-refractivity contribution in [1.29, 1.82) is 0 Å². The number of rotatable bonds is 11. The predicted octanol–water partition coefficient (Wildman–Crippen LogP) is 4.39. The van der Waals surface area contributed by atoms with Crippen LogP contribution in [0.1, 0.15) is 68.6 Å². The summed E-state index contributed by atoms with van der Waals surface area (Å²) in [6, 6.07) is 5.45. The lowest BCUT2D eigenvalue weighted by Crippen LogP contribution is -2.45. The Labute approximate surface area is 211 Å². The van der Waals surface area contributed by atoms with E-state index >= 15 is 0 Å². The fourth-order valence-corrected chi connectivity index (χ4v) is 6.98. The number of hydrogen-bond donors (Lipinski definition) is 3. The number of aliphatic hydroxyl groups excluding tert-OH is 2. The maximum absolute atomic E-state index is 12.4.